The molecule has 0 saturated heterocycles. The van der Waals surface area contributed by atoms with E-state index in [9.17, 15) is 14.4 Å². The van der Waals surface area contributed by atoms with Crippen LogP contribution in [-0.4, -0.2) is 29.5 Å². The molecule has 2 N–H and O–H groups in total. The van der Waals surface area contributed by atoms with Gasteiger partial charge in [-0.3, -0.25) is 0 Å². The summed E-state index contributed by atoms with van der Waals surface area (Å²) >= 11 is 6.25. The van der Waals surface area contributed by atoms with Gasteiger partial charge in [0.2, 0.25) is 0 Å². The highest BCUT2D eigenvalue weighted by molar-refractivity contribution is 6.30. The van der Waals surface area contributed by atoms with E-state index >= 15 is 0 Å². The first kappa shape index (κ1) is 26.9. The maximum absolute atomic E-state index is 13.3. The molecule has 0 aromatic heterocycles. The third kappa shape index (κ3) is 6.81. The lowest BCUT2D eigenvalue weighted by atomic mass is 9.94. The van der Waals surface area contributed by atoms with Gasteiger partial charge in [0.25, 0.3) is 0 Å². The average molecular weight is 532 g/mol. The highest BCUT2D eigenvalue weighted by atomic mass is 35.5. The lowest BCUT2D eigenvalue weighted by Crippen LogP contribution is -2.54. The fraction of sp³-hybridized carbons (Fsp3) is 0.233. The van der Waals surface area contributed by atoms with Gasteiger partial charge < -0.3 is 15.4 Å². The normalized spacial score (nSPS) is 15.2. The van der Waals surface area contributed by atoms with E-state index in [1.54, 1.807) is 31.2 Å². The summed E-state index contributed by atoms with van der Waals surface area (Å²) in [7, 11) is 0. The topological polar surface area (TPSA) is 87.7 Å². The molecule has 1 aliphatic heterocycles. The fourth-order valence-electron chi connectivity index (χ4n) is 4.39. The lowest BCUT2D eigenvalue weighted by molar-refractivity contribution is -0.141. The zero-order valence-electron chi connectivity index (χ0n) is 21.2. The van der Waals surface area contributed by atoms with Gasteiger partial charge in [0.05, 0.1) is 5.57 Å². The molecule has 0 spiro atoms. The Bertz CT molecular complexity index is 1310. The Morgan fingerprint density at radius 2 is 1.63 bits per heavy atom. The standard InChI is InChI=1S/C30H30ClN3O4/c1-21-26(28(35)38-20-23-14-6-3-7-15-23)27(24-16-10-17-25(31)19-24)34(30(37)33-21)29(36)32-18-9-8-13-22-11-4-2-5-12-22/h2-7,10-12,14-17,19,27H,8-9,13,18,20H2,1H3,(H,32,36)(H,33,37). The molecule has 0 saturated carbocycles. The molecule has 4 amide bonds. The molecule has 7 nitrogen and oxygen atoms in total. The molecule has 1 heterocycles. The molecule has 0 radical (unpaired) electrons. The molecule has 4 rings (SSSR count). The number of rotatable bonds is 9. The Balaban J connectivity index is 1.51. The molecule has 3 aromatic carbocycles. The van der Waals surface area contributed by atoms with Crippen LogP contribution in [0.1, 0.15) is 42.5 Å². The SMILES string of the molecule is CC1=C(C(=O)OCc2ccccc2)C(c2cccc(Cl)c2)N(C(=O)NCCCCc2ccccc2)C(=O)N1. The van der Waals surface area contributed by atoms with Gasteiger partial charge >= 0.3 is 18.0 Å². The van der Waals surface area contributed by atoms with Crippen molar-refractivity contribution < 1.29 is 19.1 Å². The Labute approximate surface area is 227 Å². The van der Waals surface area contributed by atoms with Crippen molar-refractivity contribution in [3.8, 4) is 0 Å². The Morgan fingerprint density at radius 1 is 0.947 bits per heavy atom. The zero-order valence-corrected chi connectivity index (χ0v) is 21.9. The van der Waals surface area contributed by atoms with Gasteiger partial charge in [-0.2, -0.15) is 0 Å². The molecule has 1 aliphatic rings. The van der Waals surface area contributed by atoms with Crippen molar-refractivity contribution in [2.75, 3.05) is 6.54 Å². The number of allylic oxidation sites excluding steroid dienone is 1. The van der Waals surface area contributed by atoms with Gasteiger partial charge in [-0.15, -0.1) is 0 Å². The summed E-state index contributed by atoms with van der Waals surface area (Å²) < 4.78 is 5.60. The maximum Gasteiger partial charge on any atom is 0.338 e. The number of hydrogen-bond donors (Lipinski definition) is 2. The van der Waals surface area contributed by atoms with E-state index in [0.717, 1.165) is 29.7 Å². The molecule has 0 fully saturated rings. The Kier molecular flexibility index (Phi) is 9.16. The average Bonchev–Trinajstić information content (AvgIpc) is 2.92. The monoisotopic (exact) mass is 531 g/mol. The number of hydrogen-bond acceptors (Lipinski definition) is 4. The summed E-state index contributed by atoms with van der Waals surface area (Å²) in [5, 5.41) is 5.90. The molecule has 1 atom stereocenters. The number of unbranched alkanes of at least 4 members (excludes halogenated alkanes) is 1. The van der Waals surface area contributed by atoms with Crippen LogP contribution in [0.3, 0.4) is 0 Å². The number of nitrogens with zero attached hydrogens (tertiary/aromatic N) is 1. The summed E-state index contributed by atoms with van der Waals surface area (Å²) in [5.74, 6) is -0.628. The van der Waals surface area contributed by atoms with E-state index in [4.69, 9.17) is 16.3 Å². The van der Waals surface area contributed by atoms with Gasteiger partial charge in [0, 0.05) is 17.3 Å². The van der Waals surface area contributed by atoms with E-state index in [2.05, 4.69) is 22.8 Å². The third-order valence-electron chi connectivity index (χ3n) is 6.28. The quantitative estimate of drug-likeness (QED) is 0.256. The first-order chi connectivity index (χ1) is 18.4. The van der Waals surface area contributed by atoms with Gasteiger partial charge in [0.1, 0.15) is 12.6 Å². The predicted octanol–water partition coefficient (Wildman–Crippen LogP) is 6.16. The minimum Gasteiger partial charge on any atom is -0.457 e. The highest BCUT2D eigenvalue weighted by Crippen LogP contribution is 2.35. The van der Waals surface area contributed by atoms with Crippen molar-refractivity contribution in [1.29, 1.82) is 0 Å². The summed E-state index contributed by atoms with van der Waals surface area (Å²) in [6.07, 6.45) is 2.51. The zero-order chi connectivity index (χ0) is 26.9. The second-order valence-corrected chi connectivity index (χ2v) is 9.47. The van der Waals surface area contributed by atoms with E-state index in [-0.39, 0.29) is 12.2 Å². The molecule has 38 heavy (non-hydrogen) atoms. The third-order valence-corrected chi connectivity index (χ3v) is 6.51. The molecule has 196 valence electrons. The number of carbonyl (C=O) groups is 3. The molecule has 8 heteroatoms. The minimum absolute atomic E-state index is 0.0558. The van der Waals surface area contributed by atoms with Crippen LogP contribution in [0.5, 0.6) is 0 Å². The van der Waals surface area contributed by atoms with Crippen LogP contribution in [0, 0.1) is 0 Å². The molecular weight excluding hydrogens is 502 g/mol. The predicted molar refractivity (Wildman–Crippen MR) is 146 cm³/mol. The number of nitrogens with one attached hydrogen (secondary N) is 2. The second-order valence-electron chi connectivity index (χ2n) is 9.03. The van der Waals surface area contributed by atoms with Crippen LogP contribution in [0.15, 0.2) is 96.2 Å². The van der Waals surface area contributed by atoms with Crippen LogP contribution >= 0.6 is 11.6 Å². The van der Waals surface area contributed by atoms with Crippen molar-refractivity contribution in [2.45, 2.75) is 38.8 Å². The maximum atomic E-state index is 13.3. The molecule has 3 aromatic rings. The molecule has 0 aliphatic carbocycles. The number of urea groups is 2. The number of imide groups is 1. The number of halogens is 1. The van der Waals surface area contributed by atoms with E-state index in [1.807, 2.05) is 48.5 Å². The van der Waals surface area contributed by atoms with Crippen molar-refractivity contribution in [1.82, 2.24) is 15.5 Å². The number of aryl methyl sites for hydroxylation is 1. The lowest BCUT2D eigenvalue weighted by Gasteiger charge is -2.36. The first-order valence-corrected chi connectivity index (χ1v) is 12.9. The summed E-state index contributed by atoms with van der Waals surface area (Å²) in [6, 6.07) is 23.9. The summed E-state index contributed by atoms with van der Waals surface area (Å²) in [5.41, 5.74) is 3.07. The first-order valence-electron chi connectivity index (χ1n) is 12.5. The Hall–Kier alpha value is -4.10. The van der Waals surface area contributed by atoms with Crippen LogP contribution in [0.4, 0.5) is 9.59 Å². The van der Waals surface area contributed by atoms with Crippen molar-refractivity contribution in [2.24, 2.45) is 0 Å². The summed E-state index contributed by atoms with van der Waals surface area (Å²) in [6.45, 7) is 2.06. The fourth-order valence-corrected chi connectivity index (χ4v) is 4.58. The van der Waals surface area contributed by atoms with E-state index in [1.165, 1.54) is 5.56 Å². The van der Waals surface area contributed by atoms with Gasteiger partial charge in [-0.05, 0) is 55.0 Å². The number of benzene rings is 3. The van der Waals surface area contributed by atoms with E-state index in [0.29, 0.717) is 22.8 Å². The van der Waals surface area contributed by atoms with Gasteiger partial charge in [-0.1, -0.05) is 84.4 Å². The van der Waals surface area contributed by atoms with Crippen molar-refractivity contribution in [3.63, 3.8) is 0 Å². The van der Waals surface area contributed by atoms with Crippen molar-refractivity contribution in [3.05, 3.63) is 118 Å². The van der Waals surface area contributed by atoms with Crippen LogP contribution in [-0.2, 0) is 22.6 Å². The number of ether oxygens (including phenoxy) is 1. The molecule has 1 unspecified atom stereocenters. The number of carbonyl (C=O) groups excluding carboxylic acids is 3. The molecule has 0 bridgehead atoms. The molecular formula is C30H30ClN3O4. The van der Waals surface area contributed by atoms with E-state index < -0.39 is 24.1 Å². The smallest absolute Gasteiger partial charge is 0.338 e. The Morgan fingerprint density at radius 3 is 2.32 bits per heavy atom. The van der Waals surface area contributed by atoms with Crippen LogP contribution in [0.2, 0.25) is 5.02 Å². The summed E-state index contributed by atoms with van der Waals surface area (Å²) in [4.78, 5) is 40.7. The number of amides is 4. The number of esters is 1. The largest absolute Gasteiger partial charge is 0.457 e. The van der Waals surface area contributed by atoms with Crippen molar-refractivity contribution >= 4 is 29.6 Å². The second kappa shape index (κ2) is 12.9. The minimum atomic E-state index is -1.00. The van der Waals surface area contributed by atoms with Gasteiger partial charge in [-0.25, -0.2) is 19.3 Å². The van der Waals surface area contributed by atoms with Crippen LogP contribution in [0.25, 0.3) is 0 Å². The highest BCUT2D eigenvalue weighted by Gasteiger charge is 2.42. The van der Waals surface area contributed by atoms with Gasteiger partial charge in [0.15, 0.2) is 0 Å². The van der Waals surface area contributed by atoms with Crippen LogP contribution < -0.4 is 10.6 Å².